The van der Waals surface area contributed by atoms with Crippen molar-refractivity contribution in [3.63, 3.8) is 0 Å². The first-order chi connectivity index (χ1) is 8.56. The van der Waals surface area contributed by atoms with E-state index in [1.54, 1.807) is 0 Å². The van der Waals surface area contributed by atoms with Gasteiger partial charge in [0.25, 0.3) is 0 Å². The average molecular weight is 252 g/mol. The van der Waals surface area contributed by atoms with Gasteiger partial charge in [-0.25, -0.2) is 4.79 Å². The third-order valence-electron chi connectivity index (χ3n) is 2.78. The van der Waals surface area contributed by atoms with Crippen molar-refractivity contribution in [1.29, 1.82) is 0 Å². The van der Waals surface area contributed by atoms with Gasteiger partial charge in [0, 0.05) is 19.0 Å². The number of primary amides is 1. The number of carbonyl (C=O) groups excluding carboxylic acids is 2. The van der Waals surface area contributed by atoms with E-state index < -0.39 is 6.03 Å². The van der Waals surface area contributed by atoms with Crippen LogP contribution in [0, 0.1) is 0 Å². The fraction of sp³-hybridized carbons (Fsp3) is 0.545. The lowest BCUT2D eigenvalue weighted by atomic mass is 10.3. The Balaban J connectivity index is 1.76. The van der Waals surface area contributed by atoms with Crippen LogP contribution >= 0.6 is 0 Å². The second-order valence-corrected chi connectivity index (χ2v) is 4.47. The molecule has 7 nitrogen and oxygen atoms in total. The van der Waals surface area contributed by atoms with Crippen molar-refractivity contribution in [2.24, 2.45) is 5.73 Å². The van der Waals surface area contributed by atoms with Crippen molar-refractivity contribution < 1.29 is 14.1 Å². The Hall–Kier alpha value is -2.05. The summed E-state index contributed by atoms with van der Waals surface area (Å²) in [7, 11) is 1.46. The molecule has 1 saturated carbocycles. The maximum atomic E-state index is 11.5. The van der Waals surface area contributed by atoms with Crippen LogP contribution in [-0.2, 0) is 11.3 Å². The molecule has 1 fully saturated rings. The van der Waals surface area contributed by atoms with Gasteiger partial charge in [0.05, 0.1) is 6.54 Å². The summed E-state index contributed by atoms with van der Waals surface area (Å²) in [6, 6.07) is 1.22. The van der Waals surface area contributed by atoms with Crippen LogP contribution in [0.25, 0.3) is 0 Å². The molecule has 0 atom stereocenters. The van der Waals surface area contributed by atoms with E-state index in [2.05, 4.69) is 10.5 Å². The molecule has 98 valence electrons. The highest BCUT2D eigenvalue weighted by atomic mass is 16.5. The second kappa shape index (κ2) is 5.07. The average Bonchev–Trinajstić information content (AvgIpc) is 3.06. The van der Waals surface area contributed by atoms with Crippen molar-refractivity contribution in [3.8, 4) is 0 Å². The molecule has 1 aromatic rings. The summed E-state index contributed by atoms with van der Waals surface area (Å²) < 4.78 is 5.15. The summed E-state index contributed by atoms with van der Waals surface area (Å²) in [6.07, 6.45) is 2.29. The van der Waals surface area contributed by atoms with Gasteiger partial charge in [-0.2, -0.15) is 0 Å². The highest BCUT2D eigenvalue weighted by molar-refractivity contribution is 5.83. The van der Waals surface area contributed by atoms with Gasteiger partial charge < -0.3 is 20.5 Å². The number of urea groups is 1. The first kappa shape index (κ1) is 12.4. The zero-order valence-electron chi connectivity index (χ0n) is 10.2. The quantitative estimate of drug-likeness (QED) is 0.780. The number of aromatic nitrogens is 1. The minimum Gasteiger partial charge on any atom is -0.361 e. The van der Waals surface area contributed by atoms with Crippen LogP contribution in [0.4, 0.5) is 4.79 Å². The maximum absolute atomic E-state index is 11.5. The summed E-state index contributed by atoms with van der Waals surface area (Å²) in [5.41, 5.74) is 5.70. The van der Waals surface area contributed by atoms with Crippen LogP contribution in [0.2, 0.25) is 0 Å². The predicted molar refractivity (Wildman–Crippen MR) is 62.5 cm³/mol. The smallest absolute Gasteiger partial charge is 0.314 e. The standard InChI is InChI=1S/C11H16N4O3/c1-15(11(12)17)6-10(16)13-5-8-4-9(18-14-8)7-2-3-7/h4,7H,2-3,5-6H2,1H3,(H2,12,17)(H,13,16). The van der Waals surface area contributed by atoms with Crippen LogP contribution in [0.1, 0.15) is 30.2 Å². The largest absolute Gasteiger partial charge is 0.361 e. The number of amides is 3. The Morgan fingerprint density at radius 1 is 1.61 bits per heavy atom. The molecule has 1 aliphatic rings. The topological polar surface area (TPSA) is 101 Å². The van der Waals surface area contributed by atoms with Crippen molar-refractivity contribution in [2.75, 3.05) is 13.6 Å². The molecule has 0 saturated heterocycles. The summed E-state index contributed by atoms with van der Waals surface area (Å²) in [4.78, 5) is 23.3. The van der Waals surface area contributed by atoms with E-state index in [9.17, 15) is 9.59 Å². The molecule has 18 heavy (non-hydrogen) atoms. The van der Waals surface area contributed by atoms with Crippen molar-refractivity contribution in [3.05, 3.63) is 17.5 Å². The highest BCUT2D eigenvalue weighted by Crippen LogP contribution is 2.40. The molecule has 3 N–H and O–H groups in total. The molecule has 0 spiro atoms. The number of hydrogen-bond donors (Lipinski definition) is 2. The number of rotatable bonds is 5. The molecule has 3 amide bonds. The molecule has 0 unspecified atom stereocenters. The molecule has 0 aromatic carbocycles. The molecular formula is C11H16N4O3. The third kappa shape index (κ3) is 3.22. The van der Waals surface area contributed by atoms with E-state index in [0.717, 1.165) is 23.5 Å². The zero-order chi connectivity index (χ0) is 13.1. The number of nitrogens with one attached hydrogen (secondary N) is 1. The van der Waals surface area contributed by atoms with E-state index in [1.807, 2.05) is 6.07 Å². The van der Waals surface area contributed by atoms with E-state index in [1.165, 1.54) is 7.05 Å². The Kier molecular flexibility index (Phi) is 3.50. The lowest BCUT2D eigenvalue weighted by Crippen LogP contribution is -2.40. The van der Waals surface area contributed by atoms with Crippen molar-refractivity contribution >= 4 is 11.9 Å². The molecule has 7 heteroatoms. The highest BCUT2D eigenvalue weighted by Gasteiger charge is 2.27. The molecule has 0 radical (unpaired) electrons. The van der Waals surface area contributed by atoms with E-state index >= 15 is 0 Å². The van der Waals surface area contributed by atoms with Crippen LogP contribution in [-0.4, -0.2) is 35.6 Å². The van der Waals surface area contributed by atoms with Gasteiger partial charge in [0.15, 0.2) is 0 Å². The summed E-state index contributed by atoms with van der Waals surface area (Å²) in [6.45, 7) is 0.227. The molecule has 0 bridgehead atoms. The van der Waals surface area contributed by atoms with E-state index in [4.69, 9.17) is 10.3 Å². The second-order valence-electron chi connectivity index (χ2n) is 4.47. The normalized spacial score (nSPS) is 14.3. The Morgan fingerprint density at radius 2 is 2.33 bits per heavy atom. The minimum absolute atomic E-state index is 0.0668. The lowest BCUT2D eigenvalue weighted by Gasteiger charge is -2.12. The fourth-order valence-corrected chi connectivity index (χ4v) is 1.51. The van der Waals surface area contributed by atoms with Gasteiger partial charge in [-0.3, -0.25) is 4.79 Å². The maximum Gasteiger partial charge on any atom is 0.314 e. The van der Waals surface area contributed by atoms with Gasteiger partial charge in [-0.1, -0.05) is 5.16 Å². The summed E-state index contributed by atoms with van der Waals surface area (Å²) in [5.74, 6) is 1.10. The van der Waals surface area contributed by atoms with E-state index in [0.29, 0.717) is 18.2 Å². The molecule has 1 aromatic heterocycles. The predicted octanol–water partition coefficient (Wildman–Crippen LogP) is 0.179. The van der Waals surface area contributed by atoms with Crippen LogP contribution in [0.5, 0.6) is 0 Å². The first-order valence-corrected chi connectivity index (χ1v) is 5.79. The van der Waals surface area contributed by atoms with Crippen LogP contribution < -0.4 is 11.1 Å². The number of likely N-dealkylation sites (N-methyl/N-ethyl adjacent to an activating group) is 1. The number of hydrogen-bond acceptors (Lipinski definition) is 4. The molecular weight excluding hydrogens is 236 g/mol. The summed E-state index contributed by atoms with van der Waals surface area (Å²) >= 11 is 0. The monoisotopic (exact) mass is 252 g/mol. The van der Waals surface area contributed by atoms with Crippen molar-refractivity contribution in [1.82, 2.24) is 15.4 Å². The number of nitrogens with zero attached hydrogens (tertiary/aromatic N) is 2. The molecule has 1 aliphatic carbocycles. The van der Waals surface area contributed by atoms with Gasteiger partial charge in [0.1, 0.15) is 18.0 Å². The Labute approximate surface area is 104 Å². The SMILES string of the molecule is CN(CC(=O)NCc1cc(C2CC2)on1)C(N)=O. The third-order valence-corrected chi connectivity index (χ3v) is 2.78. The van der Waals surface area contributed by atoms with E-state index in [-0.39, 0.29) is 12.5 Å². The van der Waals surface area contributed by atoms with Gasteiger partial charge in [-0.05, 0) is 12.8 Å². The summed E-state index contributed by atoms with van der Waals surface area (Å²) in [5, 5.41) is 6.52. The van der Waals surface area contributed by atoms with Crippen molar-refractivity contribution in [2.45, 2.75) is 25.3 Å². The van der Waals surface area contributed by atoms with Gasteiger partial charge in [0.2, 0.25) is 5.91 Å². The molecule has 1 heterocycles. The first-order valence-electron chi connectivity index (χ1n) is 5.79. The van der Waals surface area contributed by atoms with Gasteiger partial charge in [-0.15, -0.1) is 0 Å². The minimum atomic E-state index is -0.636. The van der Waals surface area contributed by atoms with Crippen LogP contribution in [0.3, 0.4) is 0 Å². The fourth-order valence-electron chi connectivity index (χ4n) is 1.51. The number of carbonyl (C=O) groups is 2. The zero-order valence-corrected chi connectivity index (χ0v) is 10.2. The molecule has 0 aliphatic heterocycles. The van der Waals surface area contributed by atoms with Gasteiger partial charge >= 0.3 is 6.03 Å². The number of nitrogens with two attached hydrogens (primary N) is 1. The lowest BCUT2D eigenvalue weighted by molar-refractivity contribution is -0.121. The Bertz CT molecular complexity index is 453. The Morgan fingerprint density at radius 3 is 2.94 bits per heavy atom. The molecule has 2 rings (SSSR count). The van der Waals surface area contributed by atoms with Crippen LogP contribution in [0.15, 0.2) is 10.6 Å².